The molecule has 19 heavy (non-hydrogen) atoms. The van der Waals surface area contributed by atoms with Gasteiger partial charge in [-0.2, -0.15) is 5.26 Å². The zero-order chi connectivity index (χ0) is 13.7. The number of aldehydes is 1. The zero-order valence-electron chi connectivity index (χ0n) is 10.0. The summed E-state index contributed by atoms with van der Waals surface area (Å²) in [6.07, 6.45) is 0.728. The largest absolute Gasteiger partial charge is 0.507 e. The molecule has 4 nitrogen and oxygen atoms in total. The van der Waals surface area contributed by atoms with Gasteiger partial charge >= 0.3 is 0 Å². The van der Waals surface area contributed by atoms with Crippen molar-refractivity contribution in [2.75, 3.05) is 0 Å². The molecule has 0 bridgehead atoms. The third-order valence-corrected chi connectivity index (χ3v) is 2.62. The molecule has 0 amide bonds. The van der Waals surface area contributed by atoms with Crippen LogP contribution >= 0.6 is 0 Å². The highest BCUT2D eigenvalue weighted by Crippen LogP contribution is 2.21. The second-order valence-electron chi connectivity index (χ2n) is 3.91. The van der Waals surface area contributed by atoms with Crippen molar-refractivity contribution < 1.29 is 14.6 Å². The Kier molecular flexibility index (Phi) is 3.79. The van der Waals surface area contributed by atoms with Crippen LogP contribution in [-0.2, 0) is 6.61 Å². The molecule has 94 valence electrons. The smallest absolute Gasteiger partial charge is 0.153 e. The Morgan fingerprint density at radius 1 is 1.26 bits per heavy atom. The minimum atomic E-state index is -0.0766. The quantitative estimate of drug-likeness (QED) is 0.850. The van der Waals surface area contributed by atoms with E-state index in [-0.39, 0.29) is 17.9 Å². The maximum Gasteiger partial charge on any atom is 0.153 e. The van der Waals surface area contributed by atoms with Crippen LogP contribution in [0.3, 0.4) is 0 Å². The van der Waals surface area contributed by atoms with Crippen LogP contribution in [0.2, 0.25) is 0 Å². The van der Waals surface area contributed by atoms with Gasteiger partial charge in [0, 0.05) is 0 Å². The van der Waals surface area contributed by atoms with Crippen LogP contribution in [0, 0.1) is 11.3 Å². The van der Waals surface area contributed by atoms with E-state index in [1.807, 2.05) is 6.07 Å². The monoisotopic (exact) mass is 253 g/mol. The molecule has 1 N–H and O–H groups in total. The van der Waals surface area contributed by atoms with E-state index in [9.17, 15) is 9.90 Å². The number of hydrogen-bond acceptors (Lipinski definition) is 4. The van der Waals surface area contributed by atoms with Gasteiger partial charge in [0.1, 0.15) is 24.2 Å². The molecule has 0 spiro atoms. The molecule has 0 aliphatic heterocycles. The van der Waals surface area contributed by atoms with Gasteiger partial charge in [-0.1, -0.05) is 18.2 Å². The van der Waals surface area contributed by atoms with Gasteiger partial charge in [-0.05, 0) is 29.8 Å². The molecule has 0 aromatic heterocycles. The molecule has 0 aliphatic carbocycles. The number of nitriles is 1. The second kappa shape index (κ2) is 5.69. The first-order chi connectivity index (χ1) is 9.24. The molecule has 0 aliphatic rings. The van der Waals surface area contributed by atoms with Crippen LogP contribution in [0.4, 0.5) is 0 Å². The Balaban J connectivity index is 2.13. The number of para-hydroxylation sites is 1. The molecular weight excluding hydrogens is 242 g/mol. The summed E-state index contributed by atoms with van der Waals surface area (Å²) in [4.78, 5) is 10.8. The molecular formula is C15H11NO3. The van der Waals surface area contributed by atoms with Crippen LogP contribution in [0.25, 0.3) is 0 Å². The zero-order valence-corrected chi connectivity index (χ0v) is 10.0. The summed E-state index contributed by atoms with van der Waals surface area (Å²) in [5, 5.41) is 18.3. The number of aromatic hydroxyl groups is 1. The molecule has 0 unspecified atom stereocenters. The minimum absolute atomic E-state index is 0.0766. The topological polar surface area (TPSA) is 70.3 Å². The molecule has 0 atom stereocenters. The first kappa shape index (κ1) is 12.7. The lowest BCUT2D eigenvalue weighted by atomic mass is 10.1. The van der Waals surface area contributed by atoms with Crippen LogP contribution in [0.1, 0.15) is 21.5 Å². The van der Waals surface area contributed by atoms with Gasteiger partial charge in [0.25, 0.3) is 0 Å². The Morgan fingerprint density at radius 2 is 2.05 bits per heavy atom. The number of hydrogen-bond donors (Lipinski definition) is 1. The normalized spacial score (nSPS) is 9.63. The fourth-order valence-electron chi connectivity index (χ4n) is 1.63. The Bertz CT molecular complexity index is 644. The highest BCUT2D eigenvalue weighted by Gasteiger charge is 2.04. The highest BCUT2D eigenvalue weighted by atomic mass is 16.5. The fourth-order valence-corrected chi connectivity index (χ4v) is 1.63. The van der Waals surface area contributed by atoms with E-state index in [4.69, 9.17) is 10.00 Å². The summed E-state index contributed by atoms with van der Waals surface area (Å²) in [5.41, 5.74) is 1.41. The predicted octanol–water partition coefficient (Wildman–Crippen LogP) is 2.66. The second-order valence-corrected chi connectivity index (χ2v) is 3.91. The molecule has 0 heterocycles. The number of nitrogens with zero attached hydrogens (tertiary/aromatic N) is 1. The average molecular weight is 253 g/mol. The number of benzene rings is 2. The van der Waals surface area contributed by atoms with E-state index in [2.05, 4.69) is 0 Å². The predicted molar refractivity (Wildman–Crippen MR) is 69.0 cm³/mol. The van der Waals surface area contributed by atoms with Crippen molar-refractivity contribution in [3.63, 3.8) is 0 Å². The van der Waals surface area contributed by atoms with E-state index < -0.39 is 0 Å². The van der Waals surface area contributed by atoms with E-state index >= 15 is 0 Å². The van der Waals surface area contributed by atoms with E-state index in [1.165, 1.54) is 12.1 Å². The third-order valence-electron chi connectivity index (χ3n) is 2.62. The minimum Gasteiger partial charge on any atom is -0.507 e. The lowest BCUT2D eigenvalue weighted by Gasteiger charge is -2.08. The SMILES string of the molecule is N#Cc1ccc(COc2ccccc2C=O)cc1O. The van der Waals surface area contributed by atoms with E-state index in [1.54, 1.807) is 30.3 Å². The molecule has 0 radical (unpaired) electrons. The van der Waals surface area contributed by atoms with Crippen LogP contribution in [0.15, 0.2) is 42.5 Å². The summed E-state index contributed by atoms with van der Waals surface area (Å²) >= 11 is 0. The van der Waals surface area contributed by atoms with Gasteiger partial charge in [0.15, 0.2) is 6.29 Å². The van der Waals surface area contributed by atoms with Crippen LogP contribution in [0.5, 0.6) is 11.5 Å². The molecule has 0 saturated heterocycles. The third kappa shape index (κ3) is 2.90. The van der Waals surface area contributed by atoms with Gasteiger partial charge in [-0.15, -0.1) is 0 Å². The Labute approximate surface area is 110 Å². The standard InChI is InChI=1S/C15H11NO3/c16-8-12-6-5-11(7-14(12)18)10-19-15-4-2-1-3-13(15)9-17/h1-7,9,18H,10H2. The molecule has 2 aromatic carbocycles. The molecule has 2 rings (SSSR count). The molecule has 0 fully saturated rings. The maximum atomic E-state index is 10.8. The lowest BCUT2D eigenvalue weighted by molar-refractivity contribution is 0.111. The Hall–Kier alpha value is -2.80. The average Bonchev–Trinajstić information content (AvgIpc) is 2.45. The van der Waals surface area contributed by atoms with Crippen molar-refractivity contribution in [2.24, 2.45) is 0 Å². The van der Waals surface area contributed by atoms with Crippen LogP contribution in [-0.4, -0.2) is 11.4 Å². The number of ether oxygens (including phenoxy) is 1. The number of carbonyl (C=O) groups excluding carboxylic acids is 1. The molecule has 2 aromatic rings. The number of phenolic OH excluding ortho intramolecular Hbond substituents is 1. The summed E-state index contributed by atoms with van der Waals surface area (Å²) in [6.45, 7) is 0.212. The van der Waals surface area contributed by atoms with Crippen molar-refractivity contribution in [3.8, 4) is 17.6 Å². The maximum absolute atomic E-state index is 10.8. The van der Waals surface area contributed by atoms with Crippen molar-refractivity contribution in [1.82, 2.24) is 0 Å². The van der Waals surface area contributed by atoms with Gasteiger partial charge in [-0.25, -0.2) is 0 Å². The fraction of sp³-hybridized carbons (Fsp3) is 0.0667. The van der Waals surface area contributed by atoms with Crippen molar-refractivity contribution in [1.29, 1.82) is 5.26 Å². The van der Waals surface area contributed by atoms with Gasteiger partial charge < -0.3 is 9.84 Å². The highest BCUT2D eigenvalue weighted by molar-refractivity contribution is 5.79. The number of rotatable bonds is 4. The van der Waals surface area contributed by atoms with Crippen molar-refractivity contribution in [3.05, 3.63) is 59.2 Å². The molecule has 4 heteroatoms. The van der Waals surface area contributed by atoms with Crippen molar-refractivity contribution >= 4 is 6.29 Å². The first-order valence-electron chi connectivity index (χ1n) is 5.63. The van der Waals surface area contributed by atoms with E-state index in [0.29, 0.717) is 11.3 Å². The molecule has 0 saturated carbocycles. The summed E-state index contributed by atoms with van der Waals surface area (Å²) in [5.74, 6) is 0.411. The summed E-state index contributed by atoms with van der Waals surface area (Å²) < 4.78 is 5.52. The van der Waals surface area contributed by atoms with Crippen molar-refractivity contribution in [2.45, 2.75) is 6.61 Å². The number of carbonyl (C=O) groups is 1. The lowest BCUT2D eigenvalue weighted by Crippen LogP contribution is -1.98. The number of phenols is 1. The first-order valence-corrected chi connectivity index (χ1v) is 5.63. The van der Waals surface area contributed by atoms with E-state index in [0.717, 1.165) is 11.8 Å². The van der Waals surface area contributed by atoms with Gasteiger partial charge in [0.2, 0.25) is 0 Å². The summed E-state index contributed by atoms with van der Waals surface area (Å²) in [6, 6.07) is 13.5. The van der Waals surface area contributed by atoms with Crippen LogP contribution < -0.4 is 4.74 Å². The Morgan fingerprint density at radius 3 is 2.74 bits per heavy atom. The van der Waals surface area contributed by atoms with Gasteiger partial charge in [0.05, 0.1) is 11.1 Å². The summed E-state index contributed by atoms with van der Waals surface area (Å²) in [7, 11) is 0. The van der Waals surface area contributed by atoms with Gasteiger partial charge in [-0.3, -0.25) is 4.79 Å².